The van der Waals surface area contributed by atoms with Gasteiger partial charge in [-0.3, -0.25) is 9.59 Å². The molecule has 2 amide bonds. The molecule has 0 bridgehead atoms. The SMILES string of the molecule is CCCNC(=O)C(C)NC1CCC(=O)NC1. The van der Waals surface area contributed by atoms with Gasteiger partial charge >= 0.3 is 0 Å². The molecule has 1 rings (SSSR count). The molecule has 0 aliphatic carbocycles. The van der Waals surface area contributed by atoms with Crippen molar-refractivity contribution in [3.63, 3.8) is 0 Å². The van der Waals surface area contributed by atoms with Crippen LogP contribution in [0.1, 0.15) is 33.1 Å². The summed E-state index contributed by atoms with van der Waals surface area (Å²) in [5.74, 6) is 0.125. The van der Waals surface area contributed by atoms with Gasteiger partial charge in [-0.05, 0) is 19.8 Å². The van der Waals surface area contributed by atoms with Crippen LogP contribution in [0.5, 0.6) is 0 Å². The highest BCUT2D eigenvalue weighted by molar-refractivity contribution is 5.81. The highest BCUT2D eigenvalue weighted by Crippen LogP contribution is 2.03. The molecular weight excluding hydrogens is 206 g/mol. The van der Waals surface area contributed by atoms with Crippen molar-refractivity contribution >= 4 is 11.8 Å². The Labute approximate surface area is 96.4 Å². The maximum atomic E-state index is 11.6. The maximum Gasteiger partial charge on any atom is 0.236 e. The quantitative estimate of drug-likeness (QED) is 0.607. The average Bonchev–Trinajstić information content (AvgIpc) is 2.29. The minimum absolute atomic E-state index is 0.0266. The lowest BCUT2D eigenvalue weighted by molar-refractivity contribution is -0.123. The Bertz CT molecular complexity index is 246. The van der Waals surface area contributed by atoms with Gasteiger partial charge in [-0.2, -0.15) is 0 Å². The fraction of sp³-hybridized carbons (Fsp3) is 0.818. The lowest BCUT2D eigenvalue weighted by Crippen LogP contribution is -2.52. The van der Waals surface area contributed by atoms with E-state index in [1.807, 2.05) is 13.8 Å². The third-order valence-corrected chi connectivity index (χ3v) is 2.69. The zero-order chi connectivity index (χ0) is 12.0. The van der Waals surface area contributed by atoms with Crippen molar-refractivity contribution in [1.29, 1.82) is 0 Å². The van der Waals surface area contributed by atoms with Crippen molar-refractivity contribution in [1.82, 2.24) is 16.0 Å². The number of rotatable bonds is 5. The van der Waals surface area contributed by atoms with Crippen LogP contribution in [0.2, 0.25) is 0 Å². The number of hydrogen-bond acceptors (Lipinski definition) is 3. The summed E-state index contributed by atoms with van der Waals surface area (Å²) >= 11 is 0. The van der Waals surface area contributed by atoms with E-state index in [2.05, 4.69) is 16.0 Å². The molecule has 0 aromatic heterocycles. The molecule has 2 unspecified atom stereocenters. The van der Waals surface area contributed by atoms with Gasteiger partial charge < -0.3 is 16.0 Å². The van der Waals surface area contributed by atoms with E-state index in [1.54, 1.807) is 0 Å². The second-order valence-electron chi connectivity index (χ2n) is 4.22. The van der Waals surface area contributed by atoms with Crippen LogP contribution >= 0.6 is 0 Å². The highest BCUT2D eigenvalue weighted by Gasteiger charge is 2.21. The molecule has 0 aromatic rings. The van der Waals surface area contributed by atoms with Gasteiger partial charge in [0.25, 0.3) is 0 Å². The van der Waals surface area contributed by atoms with E-state index in [9.17, 15) is 9.59 Å². The molecule has 1 fully saturated rings. The number of hydrogen-bond donors (Lipinski definition) is 3. The van der Waals surface area contributed by atoms with Gasteiger partial charge in [-0.25, -0.2) is 0 Å². The standard InChI is InChI=1S/C11H21N3O2/c1-3-6-12-11(16)8(2)14-9-4-5-10(15)13-7-9/h8-9,14H,3-7H2,1-2H3,(H,12,16)(H,13,15). The van der Waals surface area contributed by atoms with Crippen LogP contribution in [-0.4, -0.2) is 37.0 Å². The van der Waals surface area contributed by atoms with Crippen molar-refractivity contribution in [2.24, 2.45) is 0 Å². The van der Waals surface area contributed by atoms with E-state index in [1.165, 1.54) is 0 Å². The van der Waals surface area contributed by atoms with Gasteiger partial charge in [0.15, 0.2) is 0 Å². The molecule has 0 radical (unpaired) electrons. The second kappa shape index (κ2) is 6.48. The summed E-state index contributed by atoms with van der Waals surface area (Å²) in [6, 6.07) is 0.00614. The second-order valence-corrected chi connectivity index (χ2v) is 4.22. The van der Waals surface area contributed by atoms with E-state index in [-0.39, 0.29) is 23.9 Å². The molecule has 2 atom stereocenters. The Morgan fingerprint density at radius 1 is 1.62 bits per heavy atom. The van der Waals surface area contributed by atoms with Crippen LogP contribution in [0.25, 0.3) is 0 Å². The van der Waals surface area contributed by atoms with E-state index in [0.717, 1.165) is 12.8 Å². The number of carbonyl (C=O) groups is 2. The molecule has 5 heteroatoms. The molecule has 92 valence electrons. The van der Waals surface area contributed by atoms with E-state index in [4.69, 9.17) is 0 Å². The Morgan fingerprint density at radius 2 is 2.38 bits per heavy atom. The summed E-state index contributed by atoms with van der Waals surface area (Å²) in [6.45, 7) is 5.20. The third-order valence-electron chi connectivity index (χ3n) is 2.69. The van der Waals surface area contributed by atoms with E-state index in [0.29, 0.717) is 19.5 Å². The van der Waals surface area contributed by atoms with Crippen LogP contribution in [-0.2, 0) is 9.59 Å². The largest absolute Gasteiger partial charge is 0.355 e. The predicted octanol–water partition coefficient (Wildman–Crippen LogP) is -0.231. The predicted molar refractivity (Wildman–Crippen MR) is 61.9 cm³/mol. The number of piperidine rings is 1. The number of amides is 2. The fourth-order valence-electron chi connectivity index (χ4n) is 1.71. The van der Waals surface area contributed by atoms with Gasteiger partial charge in [0.05, 0.1) is 6.04 Å². The number of carbonyl (C=O) groups excluding carboxylic acids is 2. The molecule has 1 heterocycles. The molecule has 0 saturated carbocycles. The van der Waals surface area contributed by atoms with Gasteiger partial charge in [-0.15, -0.1) is 0 Å². The minimum Gasteiger partial charge on any atom is -0.355 e. The zero-order valence-electron chi connectivity index (χ0n) is 10.0. The van der Waals surface area contributed by atoms with Crippen molar-refractivity contribution in [3.05, 3.63) is 0 Å². The summed E-state index contributed by atoms with van der Waals surface area (Å²) < 4.78 is 0. The van der Waals surface area contributed by atoms with Crippen LogP contribution in [0.15, 0.2) is 0 Å². The summed E-state index contributed by atoms with van der Waals surface area (Å²) in [5.41, 5.74) is 0. The molecule has 1 aliphatic rings. The van der Waals surface area contributed by atoms with Crippen molar-refractivity contribution in [2.75, 3.05) is 13.1 Å². The van der Waals surface area contributed by atoms with Crippen molar-refractivity contribution in [3.8, 4) is 0 Å². The maximum absolute atomic E-state index is 11.6. The molecular formula is C11H21N3O2. The van der Waals surface area contributed by atoms with E-state index < -0.39 is 0 Å². The molecule has 0 aromatic carbocycles. The average molecular weight is 227 g/mol. The van der Waals surface area contributed by atoms with Gasteiger partial charge in [0, 0.05) is 25.6 Å². The van der Waals surface area contributed by atoms with Crippen LogP contribution in [0, 0.1) is 0 Å². The Kier molecular flexibility index (Phi) is 5.25. The minimum atomic E-state index is -0.202. The van der Waals surface area contributed by atoms with Gasteiger partial charge in [-0.1, -0.05) is 6.92 Å². The lowest BCUT2D eigenvalue weighted by atomic mass is 10.1. The zero-order valence-corrected chi connectivity index (χ0v) is 10.0. The van der Waals surface area contributed by atoms with E-state index >= 15 is 0 Å². The first kappa shape index (κ1) is 13.0. The van der Waals surface area contributed by atoms with Crippen molar-refractivity contribution < 1.29 is 9.59 Å². The lowest BCUT2D eigenvalue weighted by Gasteiger charge is -2.26. The summed E-state index contributed by atoms with van der Waals surface area (Å²) in [4.78, 5) is 22.5. The molecule has 0 spiro atoms. The summed E-state index contributed by atoms with van der Waals surface area (Å²) in [6.07, 6.45) is 2.29. The first-order valence-electron chi connectivity index (χ1n) is 5.94. The topological polar surface area (TPSA) is 70.2 Å². The molecule has 1 saturated heterocycles. The first-order chi connectivity index (χ1) is 7.63. The molecule has 1 aliphatic heterocycles. The Hall–Kier alpha value is -1.10. The Morgan fingerprint density at radius 3 is 2.94 bits per heavy atom. The molecule has 16 heavy (non-hydrogen) atoms. The molecule has 3 N–H and O–H groups in total. The normalized spacial score (nSPS) is 22.4. The smallest absolute Gasteiger partial charge is 0.236 e. The Balaban J connectivity index is 2.25. The van der Waals surface area contributed by atoms with Gasteiger partial charge in [0.1, 0.15) is 0 Å². The van der Waals surface area contributed by atoms with Crippen LogP contribution in [0.4, 0.5) is 0 Å². The van der Waals surface area contributed by atoms with Crippen LogP contribution < -0.4 is 16.0 Å². The third kappa shape index (κ3) is 4.18. The summed E-state index contributed by atoms with van der Waals surface area (Å²) in [5, 5.41) is 8.85. The highest BCUT2D eigenvalue weighted by atomic mass is 16.2. The number of nitrogens with one attached hydrogen (secondary N) is 3. The summed E-state index contributed by atoms with van der Waals surface area (Å²) in [7, 11) is 0. The molecule has 5 nitrogen and oxygen atoms in total. The monoisotopic (exact) mass is 227 g/mol. The fourth-order valence-corrected chi connectivity index (χ4v) is 1.71. The van der Waals surface area contributed by atoms with Crippen LogP contribution in [0.3, 0.4) is 0 Å². The van der Waals surface area contributed by atoms with Gasteiger partial charge in [0.2, 0.25) is 11.8 Å². The first-order valence-corrected chi connectivity index (χ1v) is 5.94. The van der Waals surface area contributed by atoms with Crippen molar-refractivity contribution in [2.45, 2.75) is 45.2 Å².